The molecule has 0 aromatic heterocycles. The third-order valence-electron chi connectivity index (χ3n) is 9.89. The molecule has 0 aromatic carbocycles. The Morgan fingerprint density at radius 1 is 0.452 bits per heavy atom. The lowest BCUT2D eigenvalue weighted by Gasteiger charge is -2.41. The van der Waals surface area contributed by atoms with Crippen molar-refractivity contribution in [2.24, 2.45) is 35.5 Å². The van der Waals surface area contributed by atoms with Gasteiger partial charge in [-0.25, -0.2) is 0 Å². The number of rotatable bonds is 13. The first-order valence-electron chi connectivity index (χ1n) is 14.9. The van der Waals surface area contributed by atoms with Crippen molar-refractivity contribution >= 4 is 0 Å². The van der Waals surface area contributed by atoms with Crippen LogP contribution in [0, 0.1) is 35.5 Å². The highest BCUT2D eigenvalue weighted by Gasteiger charge is 2.34. The monoisotopic (exact) mass is 434 g/mol. The molecule has 3 aliphatic rings. The van der Waals surface area contributed by atoms with Crippen LogP contribution < -0.4 is 0 Å². The van der Waals surface area contributed by atoms with E-state index in [4.69, 9.17) is 0 Å². The molecule has 3 rings (SSSR count). The largest absolute Gasteiger partial charge is 0.251 e. The zero-order valence-corrected chi connectivity index (χ0v) is 21.1. The van der Waals surface area contributed by atoms with Crippen molar-refractivity contribution in [3.8, 4) is 0 Å². The van der Waals surface area contributed by atoms with E-state index in [0.717, 1.165) is 48.3 Å². The zero-order valence-electron chi connectivity index (χ0n) is 21.1. The normalized spacial score (nSPS) is 34.6. The predicted molar refractivity (Wildman–Crippen MR) is 134 cm³/mol. The van der Waals surface area contributed by atoms with Gasteiger partial charge >= 0.3 is 0 Å². The zero-order chi connectivity index (χ0) is 21.7. The summed E-state index contributed by atoms with van der Waals surface area (Å²) in [4.78, 5) is 0. The fraction of sp³-hybridized carbons (Fsp3) is 1.00. The molecule has 31 heavy (non-hydrogen) atoms. The van der Waals surface area contributed by atoms with Gasteiger partial charge in [0.15, 0.2) is 0 Å². The van der Waals surface area contributed by atoms with Crippen LogP contribution in [0.15, 0.2) is 0 Å². The summed E-state index contributed by atoms with van der Waals surface area (Å²) in [6.07, 6.45) is 31.7. The molecule has 0 radical (unpaired) electrons. The molecule has 3 aliphatic carbocycles. The number of halogens is 1. The van der Waals surface area contributed by atoms with Gasteiger partial charge in [0.2, 0.25) is 0 Å². The summed E-state index contributed by atoms with van der Waals surface area (Å²) >= 11 is 0. The third-order valence-corrected chi connectivity index (χ3v) is 9.89. The smallest absolute Gasteiger partial charge is 0.0894 e. The maximum absolute atomic E-state index is 12.2. The van der Waals surface area contributed by atoms with Gasteiger partial charge in [0.1, 0.15) is 0 Å². The first kappa shape index (κ1) is 25.6. The first-order valence-corrected chi connectivity index (χ1v) is 14.9. The number of alkyl halides is 1. The van der Waals surface area contributed by atoms with Gasteiger partial charge in [0, 0.05) is 0 Å². The fourth-order valence-electron chi connectivity index (χ4n) is 7.73. The minimum Gasteiger partial charge on any atom is -0.251 e. The fourth-order valence-corrected chi connectivity index (χ4v) is 7.73. The van der Waals surface area contributed by atoms with Gasteiger partial charge in [0.05, 0.1) is 6.67 Å². The standard InChI is InChI=1S/C30H55F/c1-2-3-4-7-10-25-12-16-27(17-13-25)29-20-22-30(23-21-29)28-18-14-26(15-19-28)11-8-5-6-9-24-31/h25-30H,2-24H2,1H3. The molecule has 0 aliphatic heterocycles. The van der Waals surface area contributed by atoms with Gasteiger partial charge in [0.25, 0.3) is 0 Å². The minimum absolute atomic E-state index is 0.117. The van der Waals surface area contributed by atoms with Gasteiger partial charge < -0.3 is 0 Å². The Morgan fingerprint density at radius 2 is 0.806 bits per heavy atom. The van der Waals surface area contributed by atoms with Crippen molar-refractivity contribution in [3.63, 3.8) is 0 Å². The molecule has 1 heteroatoms. The van der Waals surface area contributed by atoms with Crippen molar-refractivity contribution in [1.82, 2.24) is 0 Å². The molecule has 0 N–H and O–H groups in total. The van der Waals surface area contributed by atoms with E-state index in [1.54, 1.807) is 51.4 Å². The third kappa shape index (κ3) is 9.00. The van der Waals surface area contributed by atoms with E-state index in [9.17, 15) is 4.39 Å². The summed E-state index contributed by atoms with van der Waals surface area (Å²) in [7, 11) is 0. The molecule has 3 saturated carbocycles. The maximum atomic E-state index is 12.2. The van der Waals surface area contributed by atoms with Crippen LogP contribution >= 0.6 is 0 Å². The van der Waals surface area contributed by atoms with Crippen LogP contribution in [0.4, 0.5) is 4.39 Å². The SMILES string of the molecule is CCCCCCC1CCC(C2CCC(C3CCC(CCCCCCF)CC3)CC2)CC1. The van der Waals surface area contributed by atoms with Crippen LogP contribution in [0.2, 0.25) is 0 Å². The topological polar surface area (TPSA) is 0 Å². The molecule has 3 fully saturated rings. The highest BCUT2D eigenvalue weighted by Crippen LogP contribution is 2.46. The van der Waals surface area contributed by atoms with E-state index in [0.29, 0.717) is 0 Å². The summed E-state index contributed by atoms with van der Waals surface area (Å²) in [5, 5.41) is 0. The van der Waals surface area contributed by atoms with E-state index in [1.165, 1.54) is 77.0 Å². The lowest BCUT2D eigenvalue weighted by Crippen LogP contribution is -2.29. The molecule has 0 nitrogen and oxygen atoms in total. The van der Waals surface area contributed by atoms with Crippen molar-refractivity contribution < 1.29 is 4.39 Å². The maximum Gasteiger partial charge on any atom is 0.0894 e. The molecule has 0 atom stereocenters. The average Bonchev–Trinajstić information content (AvgIpc) is 2.83. The molecule has 0 heterocycles. The quantitative estimate of drug-likeness (QED) is 0.253. The number of hydrogen-bond acceptors (Lipinski definition) is 0. The van der Waals surface area contributed by atoms with Gasteiger partial charge in [-0.2, -0.15) is 0 Å². The van der Waals surface area contributed by atoms with E-state index < -0.39 is 0 Å². The van der Waals surface area contributed by atoms with E-state index in [1.807, 2.05) is 0 Å². The van der Waals surface area contributed by atoms with Crippen molar-refractivity contribution in [3.05, 3.63) is 0 Å². The summed E-state index contributed by atoms with van der Waals surface area (Å²) in [6, 6.07) is 0. The van der Waals surface area contributed by atoms with Crippen LogP contribution in [0.25, 0.3) is 0 Å². The molecular weight excluding hydrogens is 379 g/mol. The van der Waals surface area contributed by atoms with E-state index in [-0.39, 0.29) is 6.67 Å². The van der Waals surface area contributed by atoms with Gasteiger partial charge in [-0.15, -0.1) is 0 Å². The molecule has 182 valence electrons. The van der Waals surface area contributed by atoms with Gasteiger partial charge in [-0.05, 0) is 93.3 Å². The highest BCUT2D eigenvalue weighted by molar-refractivity contribution is 4.86. The Kier molecular flexibility index (Phi) is 12.3. The van der Waals surface area contributed by atoms with E-state index in [2.05, 4.69) is 6.92 Å². The Labute approximate surface area is 194 Å². The Morgan fingerprint density at radius 3 is 1.19 bits per heavy atom. The Balaban J connectivity index is 1.24. The number of hydrogen-bond donors (Lipinski definition) is 0. The van der Waals surface area contributed by atoms with Crippen LogP contribution in [0.1, 0.15) is 148 Å². The second-order valence-corrected chi connectivity index (χ2v) is 12.0. The van der Waals surface area contributed by atoms with Gasteiger partial charge in [-0.3, -0.25) is 4.39 Å². The van der Waals surface area contributed by atoms with Gasteiger partial charge in [-0.1, -0.05) is 90.4 Å². The van der Waals surface area contributed by atoms with Crippen LogP contribution in [-0.4, -0.2) is 6.67 Å². The van der Waals surface area contributed by atoms with E-state index >= 15 is 0 Å². The Bertz CT molecular complexity index is 422. The second kappa shape index (κ2) is 15.0. The molecule has 0 unspecified atom stereocenters. The van der Waals surface area contributed by atoms with Crippen LogP contribution in [0.3, 0.4) is 0 Å². The molecule has 0 bridgehead atoms. The summed E-state index contributed by atoms with van der Waals surface area (Å²) < 4.78 is 12.2. The van der Waals surface area contributed by atoms with Crippen molar-refractivity contribution in [1.29, 1.82) is 0 Å². The lowest BCUT2D eigenvalue weighted by molar-refractivity contribution is 0.102. The highest BCUT2D eigenvalue weighted by atomic mass is 19.1. The van der Waals surface area contributed by atoms with Crippen molar-refractivity contribution in [2.75, 3.05) is 6.67 Å². The number of unbranched alkanes of at least 4 members (excludes halogenated alkanes) is 6. The molecule has 0 amide bonds. The van der Waals surface area contributed by atoms with Crippen LogP contribution in [-0.2, 0) is 0 Å². The summed E-state index contributed by atoms with van der Waals surface area (Å²) in [5.41, 5.74) is 0. The molecule has 0 spiro atoms. The molecule has 0 saturated heterocycles. The minimum atomic E-state index is -0.117. The molecular formula is C30H55F. The second-order valence-electron chi connectivity index (χ2n) is 12.0. The summed E-state index contributed by atoms with van der Waals surface area (Å²) in [5.74, 6) is 6.36. The summed E-state index contributed by atoms with van der Waals surface area (Å²) in [6.45, 7) is 2.21. The Hall–Kier alpha value is -0.0700. The van der Waals surface area contributed by atoms with Crippen molar-refractivity contribution in [2.45, 2.75) is 148 Å². The first-order chi connectivity index (χ1) is 15.3. The van der Waals surface area contributed by atoms with Crippen LogP contribution in [0.5, 0.6) is 0 Å². The lowest BCUT2D eigenvalue weighted by atomic mass is 9.64. The average molecular weight is 435 g/mol. The molecule has 0 aromatic rings. The predicted octanol–water partition coefficient (Wildman–Crippen LogP) is 10.3.